The van der Waals surface area contributed by atoms with Crippen molar-refractivity contribution in [2.24, 2.45) is 0 Å². The van der Waals surface area contributed by atoms with Gasteiger partial charge in [0.25, 0.3) is 0 Å². The second-order valence-electron chi connectivity index (χ2n) is 10.5. The molecular weight excluding hydrogens is 480 g/mol. The highest BCUT2D eigenvalue weighted by Gasteiger charge is 2.19. The maximum Gasteiger partial charge on any atom is -0.00141 e. The van der Waals surface area contributed by atoms with Crippen LogP contribution in [0, 0.1) is 0 Å². The molecule has 0 saturated heterocycles. The van der Waals surface area contributed by atoms with E-state index in [4.69, 9.17) is 0 Å². The molecule has 0 aliphatic heterocycles. The van der Waals surface area contributed by atoms with Crippen molar-refractivity contribution in [3.8, 4) is 44.5 Å². The highest BCUT2D eigenvalue weighted by atomic mass is 14.2. The SMILES string of the molecule is c1ccc(-c2ccccc2-c2cc(-c3ccccc3)c3ccc4ccc(-c5ccccc5)c5ccc2c3c45)cc1. The van der Waals surface area contributed by atoms with Gasteiger partial charge in [-0.3, -0.25) is 0 Å². The van der Waals surface area contributed by atoms with Gasteiger partial charge >= 0.3 is 0 Å². The second kappa shape index (κ2) is 9.22. The van der Waals surface area contributed by atoms with Gasteiger partial charge in [0.2, 0.25) is 0 Å². The zero-order valence-corrected chi connectivity index (χ0v) is 22.0. The molecule has 186 valence electrons. The Morgan fingerprint density at radius 1 is 0.250 bits per heavy atom. The van der Waals surface area contributed by atoms with Crippen molar-refractivity contribution < 1.29 is 0 Å². The first-order chi connectivity index (χ1) is 19.9. The zero-order valence-electron chi connectivity index (χ0n) is 22.0. The Bertz CT molecular complexity index is 2120. The van der Waals surface area contributed by atoms with E-state index in [-0.39, 0.29) is 0 Å². The van der Waals surface area contributed by atoms with Crippen LogP contribution in [0.25, 0.3) is 76.8 Å². The molecule has 0 aliphatic carbocycles. The van der Waals surface area contributed by atoms with Gasteiger partial charge in [-0.05, 0) is 82.9 Å². The van der Waals surface area contributed by atoms with Crippen molar-refractivity contribution in [1.29, 1.82) is 0 Å². The van der Waals surface area contributed by atoms with Gasteiger partial charge in [-0.15, -0.1) is 0 Å². The van der Waals surface area contributed by atoms with Crippen LogP contribution in [0.1, 0.15) is 0 Å². The molecule has 8 aromatic rings. The lowest BCUT2D eigenvalue weighted by molar-refractivity contribution is 1.59. The third kappa shape index (κ3) is 3.54. The summed E-state index contributed by atoms with van der Waals surface area (Å²) in [5.41, 5.74) is 10.0. The van der Waals surface area contributed by atoms with Gasteiger partial charge in [-0.1, -0.05) is 152 Å². The molecule has 0 aromatic heterocycles. The third-order valence-electron chi connectivity index (χ3n) is 8.25. The van der Waals surface area contributed by atoms with Crippen LogP contribution in [0.5, 0.6) is 0 Å². The van der Waals surface area contributed by atoms with Gasteiger partial charge in [0.1, 0.15) is 0 Å². The van der Waals surface area contributed by atoms with E-state index in [1.807, 2.05) is 0 Å². The summed E-state index contributed by atoms with van der Waals surface area (Å²) in [6.45, 7) is 0. The lowest BCUT2D eigenvalue weighted by Crippen LogP contribution is -1.93. The van der Waals surface area contributed by atoms with Gasteiger partial charge in [-0.25, -0.2) is 0 Å². The number of hydrogen-bond acceptors (Lipinski definition) is 0. The molecule has 0 spiro atoms. The summed E-state index contributed by atoms with van der Waals surface area (Å²) in [4.78, 5) is 0. The van der Waals surface area contributed by atoms with Gasteiger partial charge in [0, 0.05) is 0 Å². The minimum absolute atomic E-state index is 1.23. The van der Waals surface area contributed by atoms with Gasteiger partial charge in [0.15, 0.2) is 0 Å². The fourth-order valence-corrected chi connectivity index (χ4v) is 6.43. The summed E-state index contributed by atoms with van der Waals surface area (Å²) >= 11 is 0. The molecule has 8 aromatic carbocycles. The number of benzene rings is 8. The first kappa shape index (κ1) is 22.8. The van der Waals surface area contributed by atoms with Crippen molar-refractivity contribution >= 4 is 32.3 Å². The lowest BCUT2D eigenvalue weighted by Gasteiger charge is -2.20. The normalized spacial score (nSPS) is 11.5. The molecular formula is C40H26. The van der Waals surface area contributed by atoms with Gasteiger partial charge < -0.3 is 0 Å². The molecule has 0 aliphatic rings. The minimum Gasteiger partial charge on any atom is -0.0622 e. The Morgan fingerprint density at radius 2 is 0.700 bits per heavy atom. The fraction of sp³-hybridized carbons (Fsp3) is 0. The average molecular weight is 507 g/mol. The van der Waals surface area contributed by atoms with Crippen LogP contribution < -0.4 is 0 Å². The molecule has 0 unspecified atom stereocenters. The van der Waals surface area contributed by atoms with Crippen molar-refractivity contribution in [3.63, 3.8) is 0 Å². The summed E-state index contributed by atoms with van der Waals surface area (Å²) < 4.78 is 0. The Balaban J connectivity index is 1.53. The van der Waals surface area contributed by atoms with E-state index in [9.17, 15) is 0 Å². The molecule has 0 nitrogen and oxygen atoms in total. The predicted octanol–water partition coefficient (Wildman–Crippen LogP) is 11.3. The fourth-order valence-electron chi connectivity index (χ4n) is 6.43. The molecule has 0 atom stereocenters. The Labute approximate surface area is 234 Å². The zero-order chi connectivity index (χ0) is 26.5. The van der Waals surface area contributed by atoms with E-state index in [0.717, 1.165) is 0 Å². The van der Waals surface area contributed by atoms with Crippen molar-refractivity contribution in [3.05, 3.63) is 158 Å². The molecule has 0 N–H and O–H groups in total. The maximum absolute atomic E-state index is 2.41. The van der Waals surface area contributed by atoms with E-state index in [1.54, 1.807) is 0 Å². The van der Waals surface area contributed by atoms with Crippen molar-refractivity contribution in [2.75, 3.05) is 0 Å². The summed E-state index contributed by atoms with van der Waals surface area (Å²) in [5, 5.41) is 7.85. The van der Waals surface area contributed by atoms with E-state index < -0.39 is 0 Å². The van der Waals surface area contributed by atoms with Crippen LogP contribution in [0.15, 0.2) is 158 Å². The van der Waals surface area contributed by atoms with Gasteiger partial charge in [0.05, 0.1) is 0 Å². The monoisotopic (exact) mass is 506 g/mol. The van der Waals surface area contributed by atoms with Crippen LogP contribution in [-0.2, 0) is 0 Å². The summed E-state index contributed by atoms with van der Waals surface area (Å²) in [6, 6.07) is 57.4. The van der Waals surface area contributed by atoms with Crippen LogP contribution >= 0.6 is 0 Å². The van der Waals surface area contributed by atoms with Crippen molar-refractivity contribution in [2.45, 2.75) is 0 Å². The Morgan fingerprint density at radius 3 is 1.35 bits per heavy atom. The topological polar surface area (TPSA) is 0 Å². The molecule has 0 bridgehead atoms. The van der Waals surface area contributed by atoms with Crippen LogP contribution in [0.3, 0.4) is 0 Å². The smallest absolute Gasteiger partial charge is 0.00141 e. The van der Waals surface area contributed by atoms with Crippen LogP contribution in [-0.4, -0.2) is 0 Å². The van der Waals surface area contributed by atoms with Crippen LogP contribution in [0.2, 0.25) is 0 Å². The minimum atomic E-state index is 1.23. The first-order valence-corrected chi connectivity index (χ1v) is 13.9. The molecule has 0 fully saturated rings. The molecule has 0 heterocycles. The predicted molar refractivity (Wildman–Crippen MR) is 172 cm³/mol. The maximum atomic E-state index is 2.41. The molecule has 0 heteroatoms. The summed E-state index contributed by atoms with van der Waals surface area (Å²) in [6.07, 6.45) is 0. The number of rotatable bonds is 4. The molecule has 0 amide bonds. The molecule has 40 heavy (non-hydrogen) atoms. The van der Waals surface area contributed by atoms with Gasteiger partial charge in [-0.2, -0.15) is 0 Å². The van der Waals surface area contributed by atoms with E-state index in [1.165, 1.54) is 76.8 Å². The van der Waals surface area contributed by atoms with E-state index >= 15 is 0 Å². The quantitative estimate of drug-likeness (QED) is 0.208. The second-order valence-corrected chi connectivity index (χ2v) is 10.5. The Kier molecular flexibility index (Phi) is 5.24. The van der Waals surface area contributed by atoms with Crippen molar-refractivity contribution in [1.82, 2.24) is 0 Å². The lowest BCUT2D eigenvalue weighted by atomic mass is 9.83. The third-order valence-corrected chi connectivity index (χ3v) is 8.25. The highest BCUT2D eigenvalue weighted by molar-refractivity contribution is 6.30. The first-order valence-electron chi connectivity index (χ1n) is 13.9. The largest absolute Gasteiger partial charge is 0.0622 e. The van der Waals surface area contributed by atoms with Crippen LogP contribution in [0.4, 0.5) is 0 Å². The molecule has 0 radical (unpaired) electrons. The standard InChI is InChI=1S/C40H26/c1-4-12-27(13-5-1)31-18-10-11-19-33(31)38-26-37(29-16-8-3-9-17-29)35-23-21-30-20-22-32(28-14-6-2-7-15-28)34-24-25-36(38)40(35)39(30)34/h1-26H. The average Bonchev–Trinajstić information content (AvgIpc) is 3.04. The summed E-state index contributed by atoms with van der Waals surface area (Å²) in [7, 11) is 0. The molecule has 8 rings (SSSR count). The summed E-state index contributed by atoms with van der Waals surface area (Å²) in [5.74, 6) is 0. The Hall–Kier alpha value is -5.20. The number of hydrogen-bond donors (Lipinski definition) is 0. The highest BCUT2D eigenvalue weighted by Crippen LogP contribution is 2.47. The van der Waals surface area contributed by atoms with E-state index in [2.05, 4.69) is 158 Å². The van der Waals surface area contributed by atoms with E-state index in [0.29, 0.717) is 0 Å². The molecule has 0 saturated carbocycles.